The van der Waals surface area contributed by atoms with Gasteiger partial charge in [-0.05, 0) is 24.5 Å². The molecule has 2 fully saturated rings. The number of carbonyl (C=O) groups is 2. The third-order valence-corrected chi connectivity index (χ3v) is 6.47. The van der Waals surface area contributed by atoms with E-state index in [2.05, 4.69) is 13.8 Å². The lowest BCUT2D eigenvalue weighted by Crippen LogP contribution is -2.55. The van der Waals surface area contributed by atoms with Gasteiger partial charge in [-0.2, -0.15) is 0 Å². The van der Waals surface area contributed by atoms with E-state index in [9.17, 15) is 18.0 Å². The van der Waals surface area contributed by atoms with Crippen LogP contribution in [0.1, 0.15) is 32.3 Å². The number of hydrogen-bond acceptors (Lipinski definition) is 5. The van der Waals surface area contributed by atoms with Gasteiger partial charge >= 0.3 is 6.09 Å². The number of sulfone groups is 1. The number of nitrogens with zero attached hydrogens (tertiary/aromatic N) is 2. The Morgan fingerprint density at radius 3 is 2.52 bits per heavy atom. The van der Waals surface area contributed by atoms with Crippen molar-refractivity contribution < 1.29 is 22.7 Å². The van der Waals surface area contributed by atoms with Gasteiger partial charge in [0.15, 0.2) is 9.84 Å². The lowest BCUT2D eigenvalue weighted by atomic mass is 9.91. The molecule has 2 amide bonds. The Morgan fingerprint density at radius 2 is 1.86 bits per heavy atom. The maximum absolute atomic E-state index is 12.5. The summed E-state index contributed by atoms with van der Waals surface area (Å²) >= 11 is 0. The SMILES string of the molecule is CC1(C)COC(=O)N(C2CCN(C(=O)CS(=O)(=O)/C=C/c3ccccc3)CC2)C1. The molecule has 0 atom stereocenters. The van der Waals surface area contributed by atoms with Crippen molar-refractivity contribution in [2.45, 2.75) is 32.7 Å². The van der Waals surface area contributed by atoms with Gasteiger partial charge in [0.05, 0.1) is 6.61 Å². The fourth-order valence-electron chi connectivity index (χ4n) is 3.67. The van der Waals surface area contributed by atoms with Crippen LogP contribution in [0.5, 0.6) is 0 Å². The van der Waals surface area contributed by atoms with E-state index in [1.54, 1.807) is 21.9 Å². The van der Waals surface area contributed by atoms with Crippen molar-refractivity contribution >= 4 is 27.9 Å². The number of hydrogen-bond donors (Lipinski definition) is 0. The minimum atomic E-state index is -3.64. The Labute approximate surface area is 172 Å². The molecule has 1 aromatic rings. The van der Waals surface area contributed by atoms with Gasteiger partial charge in [-0.25, -0.2) is 13.2 Å². The van der Waals surface area contributed by atoms with Crippen LogP contribution in [0.4, 0.5) is 4.79 Å². The normalized spacial score (nSPS) is 20.7. The molecule has 2 aliphatic rings. The highest BCUT2D eigenvalue weighted by Crippen LogP contribution is 2.28. The largest absolute Gasteiger partial charge is 0.449 e. The van der Waals surface area contributed by atoms with Crippen molar-refractivity contribution in [1.29, 1.82) is 0 Å². The van der Waals surface area contributed by atoms with E-state index in [0.29, 0.717) is 39.1 Å². The Kier molecular flexibility index (Phi) is 6.31. The Balaban J connectivity index is 1.53. The molecule has 8 heteroatoms. The summed E-state index contributed by atoms with van der Waals surface area (Å²) in [6.07, 6.45) is 2.44. The second-order valence-electron chi connectivity index (χ2n) is 8.48. The van der Waals surface area contributed by atoms with E-state index in [4.69, 9.17) is 4.74 Å². The highest BCUT2D eigenvalue weighted by Gasteiger charge is 2.38. The standard InChI is InChI=1S/C21H28N2O5S/c1-21(2)15-23(20(25)28-16-21)18-8-11-22(12-9-18)19(24)14-29(26,27)13-10-17-6-4-3-5-7-17/h3-7,10,13,18H,8-9,11-12,14-16H2,1-2H3/b13-10+. The van der Waals surface area contributed by atoms with Crippen molar-refractivity contribution in [3.8, 4) is 0 Å². The zero-order valence-corrected chi connectivity index (χ0v) is 17.7. The number of likely N-dealkylation sites (tertiary alicyclic amines) is 1. The summed E-state index contributed by atoms with van der Waals surface area (Å²) in [6, 6.07) is 9.10. The Morgan fingerprint density at radius 1 is 1.21 bits per heavy atom. The van der Waals surface area contributed by atoms with E-state index in [1.165, 1.54) is 6.08 Å². The average Bonchev–Trinajstić information content (AvgIpc) is 2.69. The molecule has 0 aromatic heterocycles. The van der Waals surface area contributed by atoms with Crippen molar-refractivity contribution in [3.63, 3.8) is 0 Å². The summed E-state index contributed by atoms with van der Waals surface area (Å²) in [5, 5.41) is 1.10. The summed E-state index contributed by atoms with van der Waals surface area (Å²) in [5.41, 5.74) is 0.667. The van der Waals surface area contributed by atoms with Crippen molar-refractivity contribution in [2.75, 3.05) is 32.0 Å². The smallest absolute Gasteiger partial charge is 0.410 e. The van der Waals surface area contributed by atoms with Crippen molar-refractivity contribution in [2.24, 2.45) is 5.41 Å². The second-order valence-corrected chi connectivity index (χ2v) is 10.4. The number of amides is 2. The summed E-state index contributed by atoms with van der Waals surface area (Å²) in [4.78, 5) is 27.9. The van der Waals surface area contributed by atoms with Gasteiger partial charge in [-0.3, -0.25) is 4.79 Å². The third-order valence-electron chi connectivity index (χ3n) is 5.27. The van der Waals surface area contributed by atoms with Gasteiger partial charge < -0.3 is 14.5 Å². The van der Waals surface area contributed by atoms with Crippen molar-refractivity contribution in [3.05, 3.63) is 41.3 Å². The molecule has 0 aliphatic carbocycles. The molecule has 3 rings (SSSR count). The molecule has 158 valence electrons. The zero-order valence-electron chi connectivity index (χ0n) is 16.9. The number of piperidine rings is 1. The zero-order chi connectivity index (χ0) is 21.1. The summed E-state index contributed by atoms with van der Waals surface area (Å²) in [7, 11) is -3.64. The predicted octanol–water partition coefficient (Wildman–Crippen LogP) is 2.54. The minimum absolute atomic E-state index is 0.0145. The molecule has 1 aromatic carbocycles. The van der Waals surface area contributed by atoms with E-state index in [1.807, 2.05) is 18.2 Å². The maximum atomic E-state index is 12.5. The fraction of sp³-hybridized carbons (Fsp3) is 0.524. The Bertz CT molecular complexity index is 872. The van der Waals surface area contributed by atoms with Crippen LogP contribution in [0.3, 0.4) is 0 Å². The van der Waals surface area contributed by atoms with E-state index in [0.717, 1.165) is 11.0 Å². The first kappa shape index (κ1) is 21.4. The molecule has 0 bridgehead atoms. The molecule has 0 saturated carbocycles. The number of cyclic esters (lactones) is 1. The highest BCUT2D eigenvalue weighted by atomic mass is 32.2. The van der Waals surface area contributed by atoms with Gasteiger partial charge in [0, 0.05) is 36.5 Å². The summed E-state index contributed by atoms with van der Waals surface area (Å²) < 4.78 is 29.8. The van der Waals surface area contributed by atoms with Gasteiger partial charge in [0.2, 0.25) is 5.91 Å². The molecule has 7 nitrogen and oxygen atoms in total. The molecular formula is C21H28N2O5S. The first-order chi connectivity index (χ1) is 13.7. The maximum Gasteiger partial charge on any atom is 0.410 e. The lowest BCUT2D eigenvalue weighted by Gasteiger charge is -2.44. The molecule has 29 heavy (non-hydrogen) atoms. The molecule has 0 unspecified atom stereocenters. The molecule has 2 heterocycles. The molecule has 0 spiro atoms. The molecule has 2 saturated heterocycles. The summed E-state index contributed by atoms with van der Waals surface area (Å²) in [5.74, 6) is -0.942. The number of rotatable bonds is 5. The predicted molar refractivity (Wildman–Crippen MR) is 111 cm³/mol. The van der Waals surface area contributed by atoms with Crippen LogP contribution >= 0.6 is 0 Å². The highest BCUT2D eigenvalue weighted by molar-refractivity contribution is 7.95. The van der Waals surface area contributed by atoms with Gasteiger partial charge in [0.1, 0.15) is 5.75 Å². The van der Waals surface area contributed by atoms with E-state index < -0.39 is 21.5 Å². The van der Waals surface area contributed by atoms with Crippen LogP contribution in [-0.2, 0) is 19.4 Å². The molecular weight excluding hydrogens is 392 g/mol. The molecule has 2 aliphatic heterocycles. The van der Waals surface area contributed by atoms with Crippen LogP contribution in [0, 0.1) is 5.41 Å². The van der Waals surface area contributed by atoms with Crippen LogP contribution in [-0.4, -0.2) is 68.3 Å². The number of benzene rings is 1. The van der Waals surface area contributed by atoms with Crippen LogP contribution in [0.15, 0.2) is 35.7 Å². The van der Waals surface area contributed by atoms with E-state index in [-0.39, 0.29) is 17.6 Å². The van der Waals surface area contributed by atoms with Crippen LogP contribution < -0.4 is 0 Å². The molecule has 0 N–H and O–H groups in total. The van der Waals surface area contributed by atoms with E-state index >= 15 is 0 Å². The van der Waals surface area contributed by atoms with Gasteiger partial charge in [-0.1, -0.05) is 44.2 Å². The lowest BCUT2D eigenvalue weighted by molar-refractivity contribution is -0.130. The van der Waals surface area contributed by atoms with Gasteiger partial charge in [0.25, 0.3) is 0 Å². The minimum Gasteiger partial charge on any atom is -0.449 e. The topological polar surface area (TPSA) is 84.0 Å². The third kappa shape index (κ3) is 5.82. The van der Waals surface area contributed by atoms with Crippen molar-refractivity contribution in [1.82, 2.24) is 9.80 Å². The molecule has 0 radical (unpaired) electrons. The van der Waals surface area contributed by atoms with Crippen LogP contribution in [0.2, 0.25) is 0 Å². The van der Waals surface area contributed by atoms with Gasteiger partial charge in [-0.15, -0.1) is 0 Å². The number of carbonyl (C=O) groups excluding carboxylic acids is 2. The second kappa shape index (κ2) is 8.57. The van der Waals surface area contributed by atoms with Crippen LogP contribution in [0.25, 0.3) is 6.08 Å². The first-order valence-corrected chi connectivity index (χ1v) is 11.5. The first-order valence-electron chi connectivity index (χ1n) is 9.82. The fourth-order valence-corrected chi connectivity index (χ4v) is 4.66. The monoisotopic (exact) mass is 420 g/mol. The average molecular weight is 421 g/mol. The Hall–Kier alpha value is -2.35. The summed E-state index contributed by atoms with van der Waals surface area (Å²) in [6.45, 7) is 6.02. The quantitative estimate of drug-likeness (QED) is 0.731. The number of ether oxygens (including phenoxy) is 1.